The van der Waals surface area contributed by atoms with E-state index in [4.69, 9.17) is 47.4 Å². The van der Waals surface area contributed by atoms with E-state index in [1.165, 1.54) is 48.5 Å². The van der Waals surface area contributed by atoms with Crippen LogP contribution < -0.4 is 51.8 Å². The van der Waals surface area contributed by atoms with Gasteiger partial charge in [0.1, 0.15) is 40.2 Å². The zero-order valence-corrected chi connectivity index (χ0v) is 77.9. The number of alkyl halides is 1. The van der Waals surface area contributed by atoms with E-state index in [2.05, 4.69) is 58.4 Å². The average Bonchev–Trinajstić information content (AvgIpc) is 0.834. The smallest absolute Gasteiger partial charge is 0.508 e. The molecule has 0 spiro atoms. The number of thioether (sulfide) groups is 1. The second-order valence-corrected chi connectivity index (χ2v) is 32.7. The number of hydrogen-bond donors (Lipinski definition) is 7. The van der Waals surface area contributed by atoms with Gasteiger partial charge in [0, 0.05) is 93.8 Å². The van der Waals surface area contributed by atoms with Gasteiger partial charge in [-0.25, -0.2) is 5.84 Å². The molecule has 12 aromatic rings. The number of aryl methyl sites for hydroxylation is 1. The highest BCUT2D eigenvalue weighted by molar-refractivity contribution is 9.09. The van der Waals surface area contributed by atoms with Crippen LogP contribution in [0.5, 0.6) is 40.2 Å². The quantitative estimate of drug-likeness (QED) is 0.00504. The van der Waals surface area contributed by atoms with Crippen LogP contribution in [0.4, 0.5) is 12.9 Å². The SMILES string of the molecule is CC(C)Br.CC(C)Oc1ccc(C(=O)c2cccc(C(=NNC(N)=S)c3ccc(OC(C)C)cc3)c2)cc1.CC(C)Oc1ccc(C(=O)c2cccc(C(=O)c3ccc(OC(C)C)cc3)c2)cc1.COc1ccc(C(=O)c2cccc(C(=O)c3ccc(C)cc3)c2)cc1.CSC.FB(F)F.NNC(N)=S.O=C(c1ccc(O)cc1)c1cccc(C(=O)c2ccc(O)cc2)c1. The first-order valence-corrected chi connectivity index (χ1v) is 43.7. The number of hydrazine groups is 1. The van der Waals surface area contributed by atoms with Crippen molar-refractivity contribution >= 4 is 116 Å². The fourth-order valence-electron chi connectivity index (χ4n) is 11.3. The third-order valence-corrected chi connectivity index (χ3v) is 17.1. The molecule has 0 saturated carbocycles. The Morgan fingerprint density at radius 3 is 0.744 bits per heavy atom. The molecule has 129 heavy (non-hydrogen) atoms. The Morgan fingerprint density at radius 1 is 0.357 bits per heavy atom. The number of phenolic OH excluding ortho intramolecular Hbond substituents is 2. The zero-order valence-electron chi connectivity index (χ0n) is 73.9. The van der Waals surface area contributed by atoms with E-state index >= 15 is 0 Å². The van der Waals surface area contributed by atoms with Gasteiger partial charge in [0.05, 0.1) is 37.2 Å². The topological polar surface area (TPSA) is 321 Å². The Labute approximate surface area is 775 Å². The lowest BCUT2D eigenvalue weighted by molar-refractivity contribution is 0.102. The molecule has 0 unspecified atom stereocenters. The van der Waals surface area contributed by atoms with Gasteiger partial charge in [-0.2, -0.15) is 16.9 Å². The molecule has 28 heteroatoms. The molecule has 0 atom stereocenters. The second-order valence-electron chi connectivity index (χ2n) is 29.2. The lowest BCUT2D eigenvalue weighted by Crippen LogP contribution is -2.34. The molecule has 12 aromatic carbocycles. The maximum atomic E-state index is 13.2. The summed E-state index contributed by atoms with van der Waals surface area (Å²) in [6.07, 6.45) is 4.36. The number of ketones is 7. The molecule has 0 aliphatic rings. The highest BCUT2D eigenvalue weighted by atomic mass is 79.9. The first-order chi connectivity index (χ1) is 61.3. The lowest BCUT2D eigenvalue weighted by atomic mass is 9.97. The van der Waals surface area contributed by atoms with E-state index in [1.54, 1.807) is 213 Å². The van der Waals surface area contributed by atoms with Crippen molar-refractivity contribution in [3.8, 4) is 40.2 Å². The Balaban J connectivity index is 0.000000289. The average molecular weight is 1870 g/mol. The van der Waals surface area contributed by atoms with Crippen LogP contribution in [0.15, 0.2) is 296 Å². The van der Waals surface area contributed by atoms with E-state index in [1.807, 2.05) is 129 Å². The van der Waals surface area contributed by atoms with Crippen molar-refractivity contribution in [1.29, 1.82) is 0 Å². The largest absolute Gasteiger partial charge is 0.762 e. The molecule has 0 fully saturated rings. The first kappa shape index (κ1) is 106. The number of nitrogens with zero attached hydrogens (tertiary/aromatic N) is 1. The minimum atomic E-state index is -3.67. The summed E-state index contributed by atoms with van der Waals surface area (Å²) in [6.45, 7) is 21.8. The molecule has 20 nitrogen and oxygen atoms in total. The van der Waals surface area contributed by atoms with E-state index < -0.39 is 7.54 Å². The maximum absolute atomic E-state index is 13.2. The van der Waals surface area contributed by atoms with Crippen molar-refractivity contribution in [1.82, 2.24) is 10.9 Å². The van der Waals surface area contributed by atoms with Crippen LogP contribution in [0.25, 0.3) is 0 Å². The number of carbonyl (C=O) groups excluding carboxylic acids is 7. The fourth-order valence-corrected chi connectivity index (χ4v) is 11.3. The highest BCUT2D eigenvalue weighted by Crippen LogP contribution is 2.27. The number of nitrogens with one attached hydrogen (secondary N) is 2. The van der Waals surface area contributed by atoms with Gasteiger partial charge < -0.3 is 50.8 Å². The van der Waals surface area contributed by atoms with E-state index in [0.717, 1.165) is 39.7 Å². The van der Waals surface area contributed by atoms with Gasteiger partial charge in [0.25, 0.3) is 0 Å². The van der Waals surface area contributed by atoms with Gasteiger partial charge in [-0.05, 0) is 293 Å². The number of carbonyl (C=O) groups is 7. The first-order valence-electron chi connectivity index (χ1n) is 40.3. The van der Waals surface area contributed by atoms with Gasteiger partial charge in [0.15, 0.2) is 50.7 Å². The number of methoxy groups -OCH3 is 1. The van der Waals surface area contributed by atoms with Gasteiger partial charge in [-0.1, -0.05) is 132 Å². The Hall–Kier alpha value is -13.4. The predicted octanol–water partition coefficient (Wildman–Crippen LogP) is 21.2. The molecule has 0 aliphatic heterocycles. The second kappa shape index (κ2) is 55.3. The van der Waals surface area contributed by atoms with Crippen LogP contribution in [0, 0.1) is 6.92 Å². The number of nitrogens with two attached hydrogens (primary N) is 3. The zero-order chi connectivity index (χ0) is 95.4. The number of ether oxygens (including phenoxy) is 5. The van der Waals surface area contributed by atoms with E-state index in [0.29, 0.717) is 94.2 Å². The van der Waals surface area contributed by atoms with Crippen LogP contribution in [-0.4, -0.2) is 123 Å². The number of rotatable bonds is 26. The third kappa shape index (κ3) is 38.0. The number of benzene rings is 12. The number of aromatic hydroxyl groups is 2. The molecule has 0 bridgehead atoms. The summed E-state index contributed by atoms with van der Waals surface area (Å²) in [5.41, 5.74) is 25.3. The van der Waals surface area contributed by atoms with E-state index in [9.17, 15) is 56.7 Å². The number of phenols is 2. The summed E-state index contributed by atoms with van der Waals surface area (Å²) in [5, 5.41) is 23.2. The van der Waals surface area contributed by atoms with Gasteiger partial charge >= 0.3 is 7.54 Å². The van der Waals surface area contributed by atoms with Gasteiger partial charge in [-0.15, -0.1) is 0 Å². The van der Waals surface area contributed by atoms with Crippen LogP contribution in [0.1, 0.15) is 197 Å². The molecule has 0 radical (unpaired) electrons. The van der Waals surface area contributed by atoms with Crippen molar-refractivity contribution in [2.75, 3.05) is 19.6 Å². The number of halogens is 4. The van der Waals surface area contributed by atoms with Crippen molar-refractivity contribution in [2.45, 2.75) is 105 Å². The molecule has 0 aliphatic carbocycles. The van der Waals surface area contributed by atoms with E-state index in [-0.39, 0.29) is 86.6 Å². The van der Waals surface area contributed by atoms with Crippen LogP contribution in [-0.2, 0) is 0 Å². The number of hydrazone groups is 1. The summed E-state index contributed by atoms with van der Waals surface area (Å²) in [6, 6.07) is 82.4. The standard InChI is InChI=1S/C27H29N3O3S.C26H26O4.C22H18O3.C20H14O4.C3H7Br.C2H6S.CH5N3S.BF3/c1-17(2)32-23-12-8-19(9-13-23)25(29-30-27(28)34)21-6-5-7-22(16-21)26(31)20-10-14-24(15-11-20)33-18(3)4;1-17(2)29-23-12-8-19(9-13-23)25(27)21-6-5-7-22(16-21)26(28)20-10-14-24(15-11-20)30-18(3)4;1-15-6-8-16(9-7-15)21(23)18-4-3-5-19(14-18)22(24)17-10-12-20(25-2)13-11-17;21-17-8-4-13(5-9-17)19(23)15-2-1-3-16(12-15)20(24)14-6-10-18(22)11-7-14;1-3(2)4;1-3-2;2-1(5)4-3;2-1(3)4/h5-18H,1-4H3,(H3,28,30,34);5-18H,1-4H3;3-14H,1-2H3;1-12,21-22H;3H,1-2H3;1-2H3;3H2,(H3,2,4,5);. The Kier molecular flexibility index (Phi) is 45.5. The summed E-state index contributed by atoms with van der Waals surface area (Å²) in [7, 11) is -2.09. The fraction of sp³-hybridized carbons (Fsp3) is 0.188. The third-order valence-electron chi connectivity index (χ3n) is 16.9. The highest BCUT2D eigenvalue weighted by Gasteiger charge is 2.21. The molecule has 672 valence electrons. The molecule has 0 heterocycles. The Morgan fingerprint density at radius 2 is 0.543 bits per heavy atom. The van der Waals surface area contributed by atoms with Crippen LogP contribution in [0.2, 0.25) is 0 Å². The predicted molar refractivity (Wildman–Crippen MR) is 521 cm³/mol. The van der Waals surface area contributed by atoms with Crippen LogP contribution in [0.3, 0.4) is 0 Å². The minimum Gasteiger partial charge on any atom is -0.508 e. The molecule has 12 rings (SSSR count). The summed E-state index contributed by atoms with van der Waals surface area (Å²) in [5.74, 6) is 7.40. The molecular weight excluding hydrogens is 1770 g/mol. The normalized spacial score (nSPS) is 10.3. The van der Waals surface area contributed by atoms with Crippen molar-refractivity contribution in [3.05, 3.63) is 386 Å². The Bertz CT molecular complexity index is 5500. The van der Waals surface area contributed by atoms with Crippen molar-refractivity contribution < 1.29 is 80.4 Å². The molecular formula is C101H105BBrF3N6O14S3. The monoisotopic (exact) mass is 1870 g/mol. The molecule has 10 N–H and O–H groups in total. The van der Waals surface area contributed by atoms with Crippen LogP contribution >= 0.6 is 52.1 Å². The van der Waals surface area contributed by atoms with Crippen molar-refractivity contribution in [3.63, 3.8) is 0 Å². The van der Waals surface area contributed by atoms with Gasteiger partial charge in [0.2, 0.25) is 0 Å². The maximum Gasteiger partial charge on any atom is 0.762 e. The van der Waals surface area contributed by atoms with Crippen molar-refractivity contribution in [2.24, 2.45) is 22.4 Å². The summed E-state index contributed by atoms with van der Waals surface area (Å²) < 4.78 is 56.7. The minimum absolute atomic E-state index is 0.0493. The summed E-state index contributed by atoms with van der Waals surface area (Å²) >= 11 is 14.2. The number of hydrogen-bond acceptors (Lipinski definition) is 19. The van der Waals surface area contributed by atoms with Gasteiger partial charge in [-0.3, -0.25) is 51.9 Å². The molecule has 0 saturated heterocycles. The molecule has 0 amide bonds. The number of thiocarbonyl (C=S) groups is 2. The summed E-state index contributed by atoms with van der Waals surface area (Å²) in [4.78, 5) is 89.8. The molecule has 0 aromatic heterocycles. The lowest BCUT2D eigenvalue weighted by Gasteiger charge is -2.13.